The number of amides is 2. The fourth-order valence-electron chi connectivity index (χ4n) is 5.18. The molecule has 11 heteroatoms. The standard InChI is InChI=1S/C32H25N7O3S/c1-20-5-11-25(12-6-20)43(42)39-19-34-30-26(3-2-4-29(30)39)27-15-28(36-37-31(27)40)21-7-9-24(10-8-21)35-32(41)38-17-22-13-14-33-16-23(22)18-38/h2-16,19H,17-18H2,1H3,(H,35,41)(H,37,40). The second-order valence-corrected chi connectivity index (χ2v) is 11.7. The van der Waals surface area contributed by atoms with Crippen LogP contribution in [0.25, 0.3) is 33.4 Å². The number of hydrogen-bond donors (Lipinski definition) is 2. The third kappa shape index (κ3) is 5.05. The van der Waals surface area contributed by atoms with Gasteiger partial charge in [0.1, 0.15) is 28.7 Å². The summed E-state index contributed by atoms with van der Waals surface area (Å²) in [7, 11) is 0. The van der Waals surface area contributed by atoms with Gasteiger partial charge in [-0.2, -0.15) is 5.10 Å². The molecule has 3 aromatic heterocycles. The van der Waals surface area contributed by atoms with E-state index >= 15 is 0 Å². The van der Waals surface area contributed by atoms with Crippen molar-refractivity contribution in [1.82, 2.24) is 29.0 Å². The Morgan fingerprint density at radius 1 is 0.977 bits per heavy atom. The molecule has 6 aromatic rings. The molecule has 0 radical (unpaired) electrons. The van der Waals surface area contributed by atoms with Crippen molar-refractivity contribution in [3.63, 3.8) is 0 Å². The lowest BCUT2D eigenvalue weighted by atomic mass is 10.0. The van der Waals surface area contributed by atoms with Crippen LogP contribution in [0.1, 0.15) is 16.7 Å². The van der Waals surface area contributed by atoms with E-state index in [9.17, 15) is 14.1 Å². The maximum atomic E-state index is 13.3. The molecule has 1 unspecified atom stereocenters. The van der Waals surface area contributed by atoms with Crippen LogP contribution < -0.4 is 10.9 Å². The average Bonchev–Trinajstić information content (AvgIpc) is 3.67. The second kappa shape index (κ2) is 10.9. The molecular formula is C32H25N7O3S. The highest BCUT2D eigenvalue weighted by atomic mass is 32.2. The summed E-state index contributed by atoms with van der Waals surface area (Å²) in [4.78, 5) is 36.9. The largest absolute Gasteiger partial charge is 0.587 e. The van der Waals surface area contributed by atoms with Crippen molar-refractivity contribution in [2.75, 3.05) is 5.32 Å². The van der Waals surface area contributed by atoms with E-state index in [1.807, 2.05) is 67.6 Å². The van der Waals surface area contributed by atoms with E-state index < -0.39 is 11.4 Å². The third-order valence-electron chi connectivity index (χ3n) is 7.49. The Morgan fingerprint density at radius 2 is 1.77 bits per heavy atom. The molecule has 0 saturated carbocycles. The topological polar surface area (TPSA) is 132 Å². The number of pyridine rings is 1. The fourth-order valence-corrected chi connectivity index (χ4v) is 6.23. The number of anilines is 1. The summed E-state index contributed by atoms with van der Waals surface area (Å²) in [6, 6.07) is 23.7. The Labute approximate surface area is 249 Å². The molecule has 1 aliphatic heterocycles. The van der Waals surface area contributed by atoms with E-state index in [1.54, 1.807) is 39.5 Å². The fraction of sp³-hybridized carbons (Fsp3) is 0.0938. The maximum absolute atomic E-state index is 13.3. The molecular weight excluding hydrogens is 562 g/mol. The van der Waals surface area contributed by atoms with E-state index in [4.69, 9.17) is 0 Å². The molecule has 1 aliphatic rings. The molecule has 212 valence electrons. The Balaban J connectivity index is 1.14. The van der Waals surface area contributed by atoms with Crippen LogP contribution in [0, 0.1) is 6.92 Å². The number of nitrogens with one attached hydrogen (secondary N) is 2. The number of benzene rings is 3. The van der Waals surface area contributed by atoms with Gasteiger partial charge in [-0.25, -0.2) is 14.9 Å². The summed E-state index contributed by atoms with van der Waals surface area (Å²) in [5, 5.41) is 9.80. The van der Waals surface area contributed by atoms with Crippen LogP contribution in [0.15, 0.2) is 107 Å². The number of para-hydroxylation sites is 1. The Kier molecular flexibility index (Phi) is 6.72. The van der Waals surface area contributed by atoms with E-state index in [0.717, 1.165) is 22.3 Å². The van der Waals surface area contributed by atoms with Crippen molar-refractivity contribution in [1.29, 1.82) is 0 Å². The average molecular weight is 588 g/mol. The first kappa shape index (κ1) is 26.6. The highest BCUT2D eigenvalue weighted by Crippen LogP contribution is 2.30. The number of fused-ring (bicyclic) bond motifs is 2. The molecule has 10 nitrogen and oxygen atoms in total. The Morgan fingerprint density at radius 3 is 2.56 bits per heavy atom. The summed E-state index contributed by atoms with van der Waals surface area (Å²) in [6.07, 6.45) is 5.06. The predicted molar refractivity (Wildman–Crippen MR) is 165 cm³/mol. The van der Waals surface area contributed by atoms with Gasteiger partial charge in [-0.3, -0.25) is 9.78 Å². The van der Waals surface area contributed by atoms with Crippen molar-refractivity contribution in [2.45, 2.75) is 24.9 Å². The normalized spacial score (nSPS) is 13.2. The third-order valence-corrected chi connectivity index (χ3v) is 8.81. The van der Waals surface area contributed by atoms with Gasteiger partial charge in [-0.05, 0) is 60.5 Å². The van der Waals surface area contributed by atoms with Gasteiger partial charge in [-0.15, -0.1) is 3.97 Å². The maximum Gasteiger partial charge on any atom is 0.322 e. The first-order valence-electron chi connectivity index (χ1n) is 13.6. The minimum Gasteiger partial charge on any atom is -0.587 e. The van der Waals surface area contributed by atoms with Crippen LogP contribution >= 0.6 is 0 Å². The number of carbonyl (C=O) groups excluding carboxylic acids is 1. The monoisotopic (exact) mass is 587 g/mol. The number of aromatic amines is 1. The van der Waals surface area contributed by atoms with Crippen molar-refractivity contribution in [3.8, 4) is 22.4 Å². The zero-order valence-electron chi connectivity index (χ0n) is 23.0. The number of rotatable bonds is 5. The highest BCUT2D eigenvalue weighted by Gasteiger charge is 2.24. The number of nitrogens with zero attached hydrogens (tertiary/aromatic N) is 5. The van der Waals surface area contributed by atoms with Crippen molar-refractivity contribution >= 4 is 34.1 Å². The lowest BCUT2D eigenvalue weighted by Gasteiger charge is -2.16. The molecule has 2 N–H and O–H groups in total. The number of hydrogen-bond acceptors (Lipinski definition) is 6. The lowest BCUT2D eigenvalue weighted by molar-refractivity contribution is 0.212. The first-order valence-corrected chi connectivity index (χ1v) is 14.7. The summed E-state index contributed by atoms with van der Waals surface area (Å²) in [5.41, 5.74) is 7.02. The van der Waals surface area contributed by atoms with Crippen LogP contribution in [0.5, 0.6) is 0 Å². The van der Waals surface area contributed by atoms with Crippen LogP contribution in [0.4, 0.5) is 10.5 Å². The molecule has 1 atom stereocenters. The first-order chi connectivity index (χ1) is 20.9. The summed E-state index contributed by atoms with van der Waals surface area (Å²) >= 11 is -1.50. The van der Waals surface area contributed by atoms with E-state index in [0.29, 0.717) is 51.5 Å². The Bertz CT molecular complexity index is 2010. The van der Waals surface area contributed by atoms with Crippen LogP contribution in [0.3, 0.4) is 0 Å². The molecule has 0 aliphatic carbocycles. The quantitative estimate of drug-likeness (QED) is 0.264. The second-order valence-electron chi connectivity index (χ2n) is 10.3. The van der Waals surface area contributed by atoms with Crippen LogP contribution in [0.2, 0.25) is 0 Å². The summed E-state index contributed by atoms with van der Waals surface area (Å²) < 4.78 is 14.9. The zero-order valence-corrected chi connectivity index (χ0v) is 23.8. The molecule has 7 rings (SSSR count). The minimum absolute atomic E-state index is 0.191. The number of H-pyrrole nitrogens is 1. The summed E-state index contributed by atoms with van der Waals surface area (Å²) in [5.74, 6) is 0. The van der Waals surface area contributed by atoms with Gasteiger partial charge in [0.2, 0.25) is 0 Å². The van der Waals surface area contributed by atoms with E-state index in [-0.39, 0.29) is 11.6 Å². The molecule has 3 aromatic carbocycles. The number of carbonyl (C=O) groups is 1. The van der Waals surface area contributed by atoms with Gasteiger partial charge >= 0.3 is 6.03 Å². The minimum atomic E-state index is -1.50. The van der Waals surface area contributed by atoms with Crippen molar-refractivity contribution in [3.05, 3.63) is 125 Å². The SMILES string of the molecule is Cc1ccc([S+]([O-])n2cnc3c(-c4cc(-c5ccc(NC(=O)N6Cc7ccncc7C6)cc5)n[nH]c4=O)cccc32)cc1. The number of urea groups is 1. The number of aryl methyl sites for hydroxylation is 1. The zero-order chi connectivity index (χ0) is 29.5. The van der Waals surface area contributed by atoms with Crippen LogP contribution in [-0.2, 0) is 24.5 Å². The Hall–Kier alpha value is -5.26. The van der Waals surface area contributed by atoms with Gasteiger partial charge in [0.15, 0.2) is 4.90 Å². The van der Waals surface area contributed by atoms with Gasteiger partial charge in [0, 0.05) is 42.3 Å². The molecule has 0 spiro atoms. The smallest absolute Gasteiger partial charge is 0.322 e. The van der Waals surface area contributed by atoms with Gasteiger partial charge < -0.3 is 14.8 Å². The van der Waals surface area contributed by atoms with Gasteiger partial charge in [0.05, 0.1) is 11.3 Å². The predicted octanol–water partition coefficient (Wildman–Crippen LogP) is 5.28. The van der Waals surface area contributed by atoms with Gasteiger partial charge in [0.25, 0.3) is 5.56 Å². The van der Waals surface area contributed by atoms with E-state index in [1.165, 1.54) is 6.33 Å². The molecule has 0 saturated heterocycles. The van der Waals surface area contributed by atoms with Crippen molar-refractivity contribution in [2.24, 2.45) is 0 Å². The summed E-state index contributed by atoms with van der Waals surface area (Å²) in [6.45, 7) is 3.04. The molecule has 4 heterocycles. The molecule has 0 bridgehead atoms. The molecule has 2 amide bonds. The highest BCUT2D eigenvalue weighted by molar-refractivity contribution is 7.90. The molecule has 0 fully saturated rings. The molecule has 43 heavy (non-hydrogen) atoms. The van der Waals surface area contributed by atoms with Crippen LogP contribution in [-0.4, -0.2) is 39.6 Å². The number of aromatic nitrogens is 5. The van der Waals surface area contributed by atoms with Crippen molar-refractivity contribution < 1.29 is 9.35 Å². The van der Waals surface area contributed by atoms with E-state index in [2.05, 4.69) is 25.5 Å². The lowest BCUT2D eigenvalue weighted by Crippen LogP contribution is -2.30. The van der Waals surface area contributed by atoms with Gasteiger partial charge in [-0.1, -0.05) is 42.0 Å². The number of imidazole rings is 1.